The van der Waals surface area contributed by atoms with Gasteiger partial charge in [0.15, 0.2) is 0 Å². The number of hydrazine groups is 1. The zero-order valence-electron chi connectivity index (χ0n) is 20.9. The SMILES string of the molecule is CN(CCN)CC1CCCC(C2NC(NC3CCOCC3)C3CNN(C(C)(C)C)C3N2)C1. The Labute approximate surface area is 195 Å². The molecule has 0 radical (unpaired) electrons. The average Bonchev–Trinajstić information content (AvgIpc) is 3.20. The van der Waals surface area contributed by atoms with Crippen molar-refractivity contribution >= 4 is 0 Å². The molecular formula is C24H49N7O. The van der Waals surface area contributed by atoms with E-state index in [9.17, 15) is 0 Å². The molecule has 1 saturated carbocycles. The predicted octanol–water partition coefficient (Wildman–Crippen LogP) is 0.858. The average molecular weight is 452 g/mol. The second-order valence-electron chi connectivity index (χ2n) is 11.7. The lowest BCUT2D eigenvalue weighted by molar-refractivity contribution is -0.0138. The van der Waals surface area contributed by atoms with Gasteiger partial charge in [0, 0.05) is 56.9 Å². The zero-order valence-corrected chi connectivity index (χ0v) is 20.9. The van der Waals surface area contributed by atoms with E-state index in [0.717, 1.165) is 51.6 Å². The Morgan fingerprint density at radius 3 is 2.62 bits per heavy atom. The number of nitrogens with two attached hydrogens (primary N) is 1. The summed E-state index contributed by atoms with van der Waals surface area (Å²) in [7, 11) is 2.22. The summed E-state index contributed by atoms with van der Waals surface area (Å²) in [6.07, 6.45) is 8.54. The summed E-state index contributed by atoms with van der Waals surface area (Å²) < 4.78 is 5.61. The van der Waals surface area contributed by atoms with Crippen LogP contribution in [0.3, 0.4) is 0 Å². The van der Waals surface area contributed by atoms with Gasteiger partial charge < -0.3 is 15.4 Å². The van der Waals surface area contributed by atoms with Crippen LogP contribution in [0.25, 0.3) is 0 Å². The van der Waals surface area contributed by atoms with Gasteiger partial charge >= 0.3 is 0 Å². The molecule has 0 spiro atoms. The van der Waals surface area contributed by atoms with E-state index < -0.39 is 0 Å². The number of fused-ring (bicyclic) bond motifs is 1. The molecule has 32 heavy (non-hydrogen) atoms. The fraction of sp³-hybridized carbons (Fsp3) is 1.00. The van der Waals surface area contributed by atoms with Gasteiger partial charge in [0.05, 0.1) is 18.5 Å². The molecule has 3 saturated heterocycles. The Bertz CT molecular complexity index is 579. The van der Waals surface area contributed by atoms with Crippen LogP contribution in [0.4, 0.5) is 0 Å². The van der Waals surface area contributed by atoms with Crippen LogP contribution in [0.15, 0.2) is 0 Å². The number of nitrogens with one attached hydrogen (secondary N) is 4. The maximum Gasteiger partial charge on any atom is 0.0820 e. The van der Waals surface area contributed by atoms with Gasteiger partial charge in [0.2, 0.25) is 0 Å². The summed E-state index contributed by atoms with van der Waals surface area (Å²) >= 11 is 0. The van der Waals surface area contributed by atoms with Crippen molar-refractivity contribution in [3.05, 3.63) is 0 Å². The van der Waals surface area contributed by atoms with Crippen LogP contribution in [0.5, 0.6) is 0 Å². The highest BCUT2D eigenvalue weighted by Gasteiger charge is 2.49. The molecule has 3 aliphatic heterocycles. The number of likely N-dealkylation sites (N-methyl/N-ethyl adjacent to an activating group) is 1. The van der Waals surface area contributed by atoms with Crippen LogP contribution in [-0.4, -0.2) is 86.4 Å². The molecule has 8 heteroatoms. The van der Waals surface area contributed by atoms with Crippen LogP contribution < -0.4 is 27.1 Å². The molecule has 4 aliphatic rings. The van der Waals surface area contributed by atoms with Crippen molar-refractivity contribution in [2.24, 2.45) is 23.5 Å². The quantitative estimate of drug-likeness (QED) is 0.389. The largest absolute Gasteiger partial charge is 0.381 e. The smallest absolute Gasteiger partial charge is 0.0820 e. The highest BCUT2D eigenvalue weighted by atomic mass is 16.5. The molecule has 8 nitrogen and oxygen atoms in total. The van der Waals surface area contributed by atoms with E-state index in [4.69, 9.17) is 10.5 Å². The standard InChI is InChI=1S/C24H49N7O/c1-24(2,3)31-23-20(15-26-31)22(27-19-8-12-32-13-9-19)28-21(29-23)18-7-5-6-17(14-18)16-30(4)11-10-25/h17-23,26-29H,5-16,25H2,1-4H3. The van der Waals surface area contributed by atoms with E-state index >= 15 is 0 Å². The minimum Gasteiger partial charge on any atom is -0.381 e. The molecule has 0 bridgehead atoms. The summed E-state index contributed by atoms with van der Waals surface area (Å²) in [6, 6.07) is 0.549. The number of hydrogen-bond donors (Lipinski definition) is 5. The van der Waals surface area contributed by atoms with Crippen molar-refractivity contribution in [3.8, 4) is 0 Å². The molecule has 0 aromatic rings. The molecule has 6 unspecified atom stereocenters. The first kappa shape index (κ1) is 24.8. The van der Waals surface area contributed by atoms with Gasteiger partial charge in [0.1, 0.15) is 0 Å². The van der Waals surface area contributed by atoms with E-state index in [1.165, 1.54) is 32.2 Å². The Morgan fingerprint density at radius 1 is 1.12 bits per heavy atom. The van der Waals surface area contributed by atoms with Crippen LogP contribution in [0.2, 0.25) is 0 Å². The molecule has 0 amide bonds. The monoisotopic (exact) mass is 451 g/mol. The van der Waals surface area contributed by atoms with Crippen LogP contribution in [0.1, 0.15) is 59.3 Å². The van der Waals surface area contributed by atoms with E-state index in [2.05, 4.69) is 59.1 Å². The fourth-order valence-corrected chi connectivity index (χ4v) is 6.42. The number of nitrogens with zero attached hydrogens (tertiary/aromatic N) is 2. The van der Waals surface area contributed by atoms with Crippen molar-refractivity contribution in [1.82, 2.24) is 31.3 Å². The van der Waals surface area contributed by atoms with E-state index in [1.54, 1.807) is 0 Å². The number of rotatable bonds is 7. The number of ether oxygens (including phenoxy) is 1. The summed E-state index contributed by atoms with van der Waals surface area (Å²) in [4.78, 5) is 2.42. The zero-order chi connectivity index (χ0) is 22.7. The first-order valence-corrected chi connectivity index (χ1v) is 13.1. The lowest BCUT2D eigenvalue weighted by Crippen LogP contribution is -2.73. The minimum atomic E-state index is 0.0809. The lowest BCUT2D eigenvalue weighted by Gasteiger charge is -2.49. The molecule has 0 aromatic carbocycles. The topological polar surface area (TPSA) is 89.8 Å². The third-order valence-corrected chi connectivity index (χ3v) is 8.05. The summed E-state index contributed by atoms with van der Waals surface area (Å²) in [5, 5.41) is 14.6. The first-order chi connectivity index (χ1) is 15.3. The van der Waals surface area contributed by atoms with Gasteiger partial charge in [-0.1, -0.05) is 6.42 Å². The Kier molecular flexibility index (Phi) is 8.48. The molecule has 186 valence electrons. The summed E-state index contributed by atoms with van der Waals surface area (Å²) in [5.41, 5.74) is 9.59. The van der Waals surface area contributed by atoms with Gasteiger partial charge in [-0.15, -0.1) is 0 Å². The molecule has 4 rings (SSSR count). The molecular weight excluding hydrogens is 402 g/mol. The second kappa shape index (κ2) is 11.0. The lowest BCUT2D eigenvalue weighted by atomic mass is 9.78. The van der Waals surface area contributed by atoms with Gasteiger partial charge in [-0.25, -0.2) is 5.01 Å². The molecule has 3 heterocycles. The minimum absolute atomic E-state index is 0.0809. The molecule has 4 fully saturated rings. The van der Waals surface area contributed by atoms with Gasteiger partial charge in [-0.2, -0.15) is 0 Å². The number of hydrogen-bond acceptors (Lipinski definition) is 8. The van der Waals surface area contributed by atoms with Crippen molar-refractivity contribution < 1.29 is 4.74 Å². The van der Waals surface area contributed by atoms with Crippen LogP contribution >= 0.6 is 0 Å². The maximum atomic E-state index is 5.78. The normalized spacial score (nSPS) is 37.7. The molecule has 1 aliphatic carbocycles. The first-order valence-electron chi connectivity index (χ1n) is 13.1. The highest BCUT2D eigenvalue weighted by Crippen LogP contribution is 2.35. The highest BCUT2D eigenvalue weighted by molar-refractivity contribution is 5.02. The second-order valence-corrected chi connectivity index (χ2v) is 11.7. The van der Waals surface area contributed by atoms with E-state index in [1.807, 2.05) is 0 Å². The third kappa shape index (κ3) is 6.02. The van der Waals surface area contributed by atoms with Crippen LogP contribution in [-0.2, 0) is 4.74 Å². The maximum absolute atomic E-state index is 5.78. The molecule has 6 atom stereocenters. The third-order valence-electron chi connectivity index (χ3n) is 8.05. The van der Waals surface area contributed by atoms with E-state index in [-0.39, 0.29) is 5.54 Å². The molecule has 0 aromatic heterocycles. The Balaban J connectivity index is 1.45. The molecule has 6 N–H and O–H groups in total. The Morgan fingerprint density at radius 2 is 1.91 bits per heavy atom. The van der Waals surface area contributed by atoms with Gasteiger partial charge in [0.25, 0.3) is 0 Å². The summed E-state index contributed by atoms with van der Waals surface area (Å²) in [5.74, 6) is 1.94. The van der Waals surface area contributed by atoms with Crippen molar-refractivity contribution in [2.75, 3.05) is 46.4 Å². The van der Waals surface area contributed by atoms with Crippen molar-refractivity contribution in [3.63, 3.8) is 0 Å². The van der Waals surface area contributed by atoms with E-state index in [0.29, 0.717) is 36.4 Å². The van der Waals surface area contributed by atoms with Crippen LogP contribution in [0, 0.1) is 17.8 Å². The van der Waals surface area contributed by atoms with Gasteiger partial charge in [-0.05, 0) is 71.8 Å². The van der Waals surface area contributed by atoms with Gasteiger partial charge in [-0.3, -0.25) is 21.4 Å². The van der Waals surface area contributed by atoms with Crippen molar-refractivity contribution in [1.29, 1.82) is 0 Å². The summed E-state index contributed by atoms with van der Waals surface area (Å²) in [6.45, 7) is 12.6. The Hall–Kier alpha value is -0.320. The van der Waals surface area contributed by atoms with Crippen molar-refractivity contribution in [2.45, 2.75) is 89.4 Å². The fourth-order valence-electron chi connectivity index (χ4n) is 6.42. The predicted molar refractivity (Wildman–Crippen MR) is 130 cm³/mol.